The van der Waals surface area contributed by atoms with Crippen LogP contribution in [-0.2, 0) is 20.3 Å². The maximum Gasteiger partial charge on any atom is 0.303 e. The largest absolute Gasteiger partial charge is 0.481 e. The fraction of sp³-hybridized carbons (Fsp3) is 0.565. The zero-order valence-corrected chi connectivity index (χ0v) is 18.8. The first-order chi connectivity index (χ1) is 14.0. The van der Waals surface area contributed by atoms with Gasteiger partial charge in [-0.2, -0.15) is 13.0 Å². The Morgan fingerprint density at radius 2 is 1.87 bits per heavy atom. The van der Waals surface area contributed by atoms with Crippen LogP contribution in [0.25, 0.3) is 0 Å². The van der Waals surface area contributed by atoms with Crippen LogP contribution in [0, 0.1) is 5.41 Å². The Balaban J connectivity index is 2.05. The molecule has 7 heteroatoms. The predicted octanol–water partition coefficient (Wildman–Crippen LogP) is 4.32. The number of carbonyl (C=O) groups is 1. The van der Waals surface area contributed by atoms with Gasteiger partial charge in [0.25, 0.3) is 10.1 Å². The number of carboxylic acids is 1. The lowest BCUT2D eigenvalue weighted by Crippen LogP contribution is -2.50. The molecule has 164 valence electrons. The summed E-state index contributed by atoms with van der Waals surface area (Å²) in [5, 5.41) is 9.21. The molecule has 0 saturated carbocycles. The van der Waals surface area contributed by atoms with Crippen LogP contribution < -0.4 is 0 Å². The fourth-order valence-corrected chi connectivity index (χ4v) is 6.08. The second-order valence-electron chi connectivity index (χ2n) is 9.25. The number of hydrogen-bond donors (Lipinski definition) is 2. The molecule has 1 aliphatic carbocycles. The van der Waals surface area contributed by atoms with Crippen molar-refractivity contribution in [2.24, 2.45) is 5.41 Å². The number of benzene rings is 1. The van der Waals surface area contributed by atoms with Gasteiger partial charge in [0.15, 0.2) is 5.71 Å². The summed E-state index contributed by atoms with van der Waals surface area (Å²) in [6.45, 7) is 7.32. The number of allylic oxidation sites excluding steroid dienone is 2. The molecule has 1 aromatic carbocycles. The highest BCUT2D eigenvalue weighted by atomic mass is 32.2. The lowest BCUT2D eigenvalue weighted by molar-refractivity contribution is -0.438. The summed E-state index contributed by atoms with van der Waals surface area (Å²) in [5.74, 6) is -1.01. The van der Waals surface area contributed by atoms with Crippen molar-refractivity contribution in [3.63, 3.8) is 0 Å². The van der Waals surface area contributed by atoms with Crippen molar-refractivity contribution in [1.29, 1.82) is 0 Å². The maximum atomic E-state index is 11.2. The summed E-state index contributed by atoms with van der Waals surface area (Å²) in [5.41, 5.74) is 4.47. The van der Waals surface area contributed by atoms with E-state index in [1.807, 2.05) is 12.1 Å². The van der Waals surface area contributed by atoms with Gasteiger partial charge in [-0.05, 0) is 38.0 Å². The third-order valence-corrected chi connectivity index (χ3v) is 7.42. The molecule has 0 bridgehead atoms. The van der Waals surface area contributed by atoms with E-state index in [2.05, 4.69) is 43.6 Å². The molecule has 1 unspecified atom stereocenters. The Bertz CT molecular complexity index is 1010. The van der Waals surface area contributed by atoms with E-state index in [4.69, 9.17) is 4.55 Å². The summed E-state index contributed by atoms with van der Waals surface area (Å²) in [7, 11) is -3.96. The Hall–Kier alpha value is -1.99. The van der Waals surface area contributed by atoms with Gasteiger partial charge in [0.1, 0.15) is 6.54 Å². The van der Waals surface area contributed by atoms with E-state index in [0.717, 1.165) is 18.5 Å². The lowest BCUT2D eigenvalue weighted by atomic mass is 9.53. The smallest absolute Gasteiger partial charge is 0.303 e. The molecule has 6 nitrogen and oxygen atoms in total. The molecule has 1 atom stereocenters. The van der Waals surface area contributed by atoms with Gasteiger partial charge in [-0.25, -0.2) is 0 Å². The van der Waals surface area contributed by atoms with E-state index in [1.165, 1.54) is 16.8 Å². The van der Waals surface area contributed by atoms with Crippen LogP contribution in [0.2, 0.25) is 0 Å². The van der Waals surface area contributed by atoms with Crippen LogP contribution in [0.4, 0.5) is 5.69 Å². The van der Waals surface area contributed by atoms with Gasteiger partial charge in [-0.3, -0.25) is 9.35 Å². The molecule has 0 amide bonds. The van der Waals surface area contributed by atoms with Crippen molar-refractivity contribution in [3.05, 3.63) is 41.5 Å². The highest BCUT2D eigenvalue weighted by Crippen LogP contribution is 2.58. The van der Waals surface area contributed by atoms with Crippen LogP contribution in [-0.4, -0.2) is 46.6 Å². The number of hydrogen-bond acceptors (Lipinski definition) is 3. The van der Waals surface area contributed by atoms with Gasteiger partial charge in [0.05, 0.1) is 11.2 Å². The van der Waals surface area contributed by atoms with Gasteiger partial charge in [0, 0.05) is 30.5 Å². The third kappa shape index (κ3) is 4.23. The molecule has 2 aliphatic rings. The van der Waals surface area contributed by atoms with E-state index >= 15 is 0 Å². The molecule has 3 rings (SSSR count). The van der Waals surface area contributed by atoms with E-state index < -0.39 is 16.1 Å². The molecule has 0 saturated heterocycles. The van der Waals surface area contributed by atoms with Crippen LogP contribution in [0.1, 0.15) is 64.9 Å². The van der Waals surface area contributed by atoms with Crippen molar-refractivity contribution in [2.75, 3.05) is 12.3 Å². The quantitative estimate of drug-likeness (QED) is 0.343. The van der Waals surface area contributed by atoms with Gasteiger partial charge in [-0.15, -0.1) is 0 Å². The standard InChI is InChI=1S/C23H31NO5S/c1-17-15-20-23(22(2,3)16-17,12-8-11-21(25)26)18-9-4-5-10-19(18)24(20)13-6-7-14-30(27,28)29/h4-5,9-10,15H,6-8,11-14,16H2,1-3H3,(H-,25,26,27,28,29)/p+1. The molecule has 0 aromatic heterocycles. The predicted molar refractivity (Wildman–Crippen MR) is 117 cm³/mol. The first kappa shape index (κ1) is 22.7. The molecule has 1 aliphatic heterocycles. The van der Waals surface area contributed by atoms with Crippen molar-refractivity contribution in [3.8, 4) is 0 Å². The van der Waals surface area contributed by atoms with Crippen LogP contribution >= 0.6 is 0 Å². The normalized spacial score (nSPS) is 22.5. The average Bonchev–Trinajstić information content (AvgIpc) is 2.88. The number of para-hydroxylation sites is 1. The number of fused-ring (bicyclic) bond motifs is 3. The van der Waals surface area contributed by atoms with Crippen molar-refractivity contribution >= 4 is 27.5 Å². The van der Waals surface area contributed by atoms with Gasteiger partial charge in [0.2, 0.25) is 5.69 Å². The Morgan fingerprint density at radius 3 is 2.53 bits per heavy atom. The molecule has 1 heterocycles. The van der Waals surface area contributed by atoms with Crippen molar-refractivity contribution in [1.82, 2.24) is 0 Å². The molecular weight excluding hydrogens is 402 g/mol. The second kappa shape index (κ2) is 8.27. The summed E-state index contributed by atoms with van der Waals surface area (Å²) in [6.07, 6.45) is 5.71. The van der Waals surface area contributed by atoms with Crippen molar-refractivity contribution < 1.29 is 27.4 Å². The molecule has 0 radical (unpaired) electrons. The zero-order chi connectivity index (χ0) is 22.2. The minimum atomic E-state index is -3.96. The maximum absolute atomic E-state index is 11.2. The van der Waals surface area contributed by atoms with E-state index in [-0.39, 0.29) is 23.0 Å². The summed E-state index contributed by atoms with van der Waals surface area (Å²) < 4.78 is 33.5. The molecule has 0 fully saturated rings. The third-order valence-electron chi connectivity index (χ3n) is 6.62. The number of carboxylic acid groups (broad SMARTS) is 1. The number of aliphatic carboxylic acids is 1. The molecule has 30 heavy (non-hydrogen) atoms. The summed E-state index contributed by atoms with van der Waals surface area (Å²) in [4.78, 5) is 11.2. The Kier molecular flexibility index (Phi) is 6.25. The van der Waals surface area contributed by atoms with Gasteiger partial charge >= 0.3 is 5.97 Å². The second-order valence-corrected chi connectivity index (χ2v) is 10.8. The fourth-order valence-electron chi connectivity index (χ4n) is 5.51. The van der Waals surface area contributed by atoms with E-state index in [9.17, 15) is 18.3 Å². The SMILES string of the molecule is CC1=CC2=[N+](CCCCS(=O)(=O)O)c3ccccc3C2(CCCC(=O)O)C(C)(C)C1. The summed E-state index contributed by atoms with van der Waals surface area (Å²) >= 11 is 0. The first-order valence-corrected chi connectivity index (χ1v) is 12.2. The van der Waals surface area contributed by atoms with Crippen LogP contribution in [0.15, 0.2) is 35.9 Å². The lowest BCUT2D eigenvalue weighted by Gasteiger charge is -2.46. The van der Waals surface area contributed by atoms with Gasteiger partial charge in [-0.1, -0.05) is 37.6 Å². The number of unbranched alkanes of at least 4 members (excludes halogenated alkanes) is 1. The first-order valence-electron chi connectivity index (χ1n) is 10.6. The van der Waals surface area contributed by atoms with Crippen LogP contribution in [0.5, 0.6) is 0 Å². The molecule has 0 spiro atoms. The minimum absolute atomic E-state index is 0.0844. The Labute approximate surface area is 179 Å². The highest BCUT2D eigenvalue weighted by molar-refractivity contribution is 7.85. The van der Waals surface area contributed by atoms with Crippen LogP contribution in [0.3, 0.4) is 0 Å². The topological polar surface area (TPSA) is 94.7 Å². The minimum Gasteiger partial charge on any atom is -0.481 e. The zero-order valence-electron chi connectivity index (χ0n) is 18.0. The molecule has 1 aromatic rings. The number of rotatable bonds is 9. The van der Waals surface area contributed by atoms with E-state index in [0.29, 0.717) is 25.8 Å². The number of nitrogens with zero attached hydrogens (tertiary/aromatic N) is 1. The monoisotopic (exact) mass is 434 g/mol. The van der Waals surface area contributed by atoms with Gasteiger partial charge < -0.3 is 5.11 Å². The average molecular weight is 435 g/mol. The highest BCUT2D eigenvalue weighted by Gasteiger charge is 2.60. The molecular formula is C23H32NO5S+. The molecule has 2 N–H and O–H groups in total. The van der Waals surface area contributed by atoms with E-state index in [1.54, 1.807) is 0 Å². The Morgan fingerprint density at radius 1 is 1.17 bits per heavy atom. The summed E-state index contributed by atoms with van der Waals surface area (Å²) in [6, 6.07) is 8.31. The van der Waals surface area contributed by atoms with Crippen molar-refractivity contribution in [2.45, 2.75) is 64.7 Å².